The van der Waals surface area contributed by atoms with Crippen molar-refractivity contribution >= 4 is 41.7 Å². The third-order valence-corrected chi connectivity index (χ3v) is 7.43. The van der Waals surface area contributed by atoms with Crippen molar-refractivity contribution in [2.45, 2.75) is 13.3 Å². The highest BCUT2D eigenvalue weighted by molar-refractivity contribution is 7.98. The van der Waals surface area contributed by atoms with E-state index < -0.39 is 66.1 Å². The zero-order valence-corrected chi connectivity index (χ0v) is 17.0. The molecule has 0 unspecified atom stereocenters. The Bertz CT molecular complexity index is 975. The second-order valence-corrected chi connectivity index (χ2v) is 10.5. The molecule has 0 heterocycles. The standard InChI is InChI=1S/C14H20N2O8S3/c1-6-25(19,20)12(4)11-14(18)16(27(23,24)8-3)10-9-15(13(5)17)26(21,22)7-2/h6-8H,1-4,9-11H2,5H3. The lowest BCUT2D eigenvalue weighted by Crippen LogP contribution is -2.44. The Labute approximate surface area is 159 Å². The van der Waals surface area contributed by atoms with Gasteiger partial charge in [0.05, 0.1) is 24.4 Å². The minimum Gasteiger partial charge on any atom is -0.274 e. The number of carbonyl (C=O) groups excluding carboxylic acids is 2. The molecule has 0 N–H and O–H groups in total. The van der Waals surface area contributed by atoms with Crippen LogP contribution in [-0.2, 0) is 39.5 Å². The zero-order valence-electron chi connectivity index (χ0n) is 14.6. The first kappa shape index (κ1) is 24.8. The Morgan fingerprint density at radius 2 is 1.22 bits per heavy atom. The summed E-state index contributed by atoms with van der Waals surface area (Å²) < 4.78 is 71.4. The number of hydrogen-bond donors (Lipinski definition) is 0. The molecular weight excluding hydrogens is 420 g/mol. The molecular formula is C14H20N2O8S3. The Kier molecular flexibility index (Phi) is 8.34. The lowest BCUT2D eigenvalue weighted by atomic mass is 10.4. The van der Waals surface area contributed by atoms with Crippen molar-refractivity contribution in [1.82, 2.24) is 8.61 Å². The van der Waals surface area contributed by atoms with Gasteiger partial charge in [-0.2, -0.15) is 0 Å². The topological polar surface area (TPSA) is 143 Å². The van der Waals surface area contributed by atoms with E-state index in [1.54, 1.807) is 0 Å². The molecule has 0 aromatic carbocycles. The van der Waals surface area contributed by atoms with Crippen LogP contribution in [0.5, 0.6) is 0 Å². The van der Waals surface area contributed by atoms with Gasteiger partial charge in [0.25, 0.3) is 20.0 Å². The van der Waals surface area contributed by atoms with Gasteiger partial charge in [0.15, 0.2) is 9.84 Å². The first-order valence-electron chi connectivity index (χ1n) is 7.05. The fraction of sp³-hybridized carbons (Fsp3) is 0.286. The van der Waals surface area contributed by atoms with Crippen molar-refractivity contribution in [2.24, 2.45) is 0 Å². The molecule has 0 fully saturated rings. The van der Waals surface area contributed by atoms with Crippen molar-refractivity contribution in [2.75, 3.05) is 13.1 Å². The Hall–Kier alpha value is -2.25. The number of hydrogen-bond acceptors (Lipinski definition) is 8. The van der Waals surface area contributed by atoms with Gasteiger partial charge in [0.2, 0.25) is 11.8 Å². The lowest BCUT2D eigenvalue weighted by Gasteiger charge is -2.25. The second-order valence-electron chi connectivity index (χ2n) is 4.91. The molecule has 0 rings (SSSR count). The third kappa shape index (κ3) is 6.45. The van der Waals surface area contributed by atoms with Gasteiger partial charge in [-0.05, 0) is 0 Å². The van der Waals surface area contributed by atoms with Gasteiger partial charge in [-0.25, -0.2) is 33.9 Å². The Morgan fingerprint density at radius 1 is 0.815 bits per heavy atom. The van der Waals surface area contributed by atoms with Gasteiger partial charge in [0.1, 0.15) is 0 Å². The van der Waals surface area contributed by atoms with E-state index in [2.05, 4.69) is 26.3 Å². The van der Waals surface area contributed by atoms with Crippen LogP contribution in [0.1, 0.15) is 13.3 Å². The van der Waals surface area contributed by atoms with Gasteiger partial charge in [-0.3, -0.25) is 9.59 Å². The number of sulfonamides is 2. The molecule has 0 aromatic rings. The van der Waals surface area contributed by atoms with Crippen LogP contribution in [0.2, 0.25) is 0 Å². The highest BCUT2D eigenvalue weighted by Gasteiger charge is 2.30. The number of amides is 2. The van der Waals surface area contributed by atoms with Crippen LogP contribution in [0.15, 0.2) is 47.4 Å². The molecule has 0 saturated carbocycles. The minimum absolute atomic E-state index is 0.207. The summed E-state index contributed by atoms with van der Waals surface area (Å²) >= 11 is 0. The minimum atomic E-state index is -4.40. The molecule has 27 heavy (non-hydrogen) atoms. The van der Waals surface area contributed by atoms with Crippen LogP contribution in [0.3, 0.4) is 0 Å². The summed E-state index contributed by atoms with van der Waals surface area (Å²) in [4.78, 5) is 23.2. The maximum Gasteiger partial charge on any atom is 0.259 e. The maximum atomic E-state index is 12.3. The summed E-state index contributed by atoms with van der Waals surface area (Å²) in [6.45, 7) is 11.8. The fourth-order valence-corrected chi connectivity index (χ4v) is 3.99. The molecule has 0 bridgehead atoms. The van der Waals surface area contributed by atoms with Crippen molar-refractivity contribution < 1.29 is 34.8 Å². The van der Waals surface area contributed by atoms with Crippen LogP contribution in [0.4, 0.5) is 0 Å². The average Bonchev–Trinajstić information content (AvgIpc) is 2.57. The molecule has 0 aliphatic heterocycles. The van der Waals surface area contributed by atoms with Crippen molar-refractivity contribution in [3.05, 3.63) is 47.4 Å². The SMILES string of the molecule is C=CS(=O)(=O)C(=C)CC(=O)N(CCN(C(C)=O)S(=O)(=O)C=C)S(=O)(=O)C=C. The molecule has 0 spiro atoms. The summed E-state index contributed by atoms with van der Waals surface area (Å²) in [6.07, 6.45) is -0.893. The number of carbonyl (C=O) groups is 2. The zero-order chi connectivity index (χ0) is 21.6. The molecule has 0 aliphatic rings. The van der Waals surface area contributed by atoms with Gasteiger partial charge >= 0.3 is 0 Å². The highest BCUT2D eigenvalue weighted by atomic mass is 32.2. The summed E-state index contributed by atoms with van der Waals surface area (Å²) in [5.74, 6) is -2.14. The first-order chi connectivity index (χ1) is 12.2. The Balaban J connectivity index is 5.77. The van der Waals surface area contributed by atoms with E-state index in [4.69, 9.17) is 0 Å². The normalized spacial score (nSPS) is 11.9. The van der Waals surface area contributed by atoms with E-state index in [1.165, 1.54) is 0 Å². The summed E-state index contributed by atoms with van der Waals surface area (Å²) in [6, 6.07) is 0. The molecule has 13 heteroatoms. The second kappa shape index (κ2) is 9.10. The predicted molar refractivity (Wildman–Crippen MR) is 100 cm³/mol. The molecule has 0 aromatic heterocycles. The molecule has 0 aliphatic carbocycles. The third-order valence-electron chi connectivity index (χ3n) is 3.14. The largest absolute Gasteiger partial charge is 0.274 e. The summed E-state index contributed by atoms with van der Waals surface area (Å²) in [7, 11) is -12.6. The summed E-state index contributed by atoms with van der Waals surface area (Å²) in [5, 5.41) is 1.46. The fourth-order valence-electron chi connectivity index (χ4n) is 1.69. The predicted octanol–water partition coefficient (Wildman–Crippen LogP) is 0.0722. The van der Waals surface area contributed by atoms with Crippen molar-refractivity contribution in [3.63, 3.8) is 0 Å². The van der Waals surface area contributed by atoms with E-state index in [-0.39, 0.29) is 4.31 Å². The van der Waals surface area contributed by atoms with Crippen LogP contribution in [0, 0.1) is 0 Å². The van der Waals surface area contributed by atoms with E-state index >= 15 is 0 Å². The molecule has 10 nitrogen and oxygen atoms in total. The highest BCUT2D eigenvalue weighted by Crippen LogP contribution is 2.15. The van der Waals surface area contributed by atoms with Crippen LogP contribution < -0.4 is 0 Å². The summed E-state index contributed by atoms with van der Waals surface area (Å²) in [5.41, 5.74) is 0. The van der Waals surface area contributed by atoms with Crippen molar-refractivity contribution in [1.29, 1.82) is 0 Å². The Morgan fingerprint density at radius 3 is 1.59 bits per heavy atom. The van der Waals surface area contributed by atoms with Gasteiger partial charge < -0.3 is 0 Å². The quantitative estimate of drug-likeness (QED) is 0.439. The lowest BCUT2D eigenvalue weighted by molar-refractivity contribution is -0.127. The monoisotopic (exact) mass is 440 g/mol. The van der Waals surface area contributed by atoms with E-state index in [1.807, 2.05) is 0 Å². The molecule has 0 saturated heterocycles. The molecule has 0 atom stereocenters. The number of nitrogens with zero attached hydrogens (tertiary/aromatic N) is 2. The average molecular weight is 441 g/mol. The number of rotatable bonds is 11. The van der Waals surface area contributed by atoms with Gasteiger partial charge in [0, 0.05) is 23.1 Å². The van der Waals surface area contributed by atoms with E-state index in [0.717, 1.165) is 6.92 Å². The van der Waals surface area contributed by atoms with E-state index in [0.29, 0.717) is 20.5 Å². The first-order valence-corrected chi connectivity index (χ1v) is 11.6. The smallest absolute Gasteiger partial charge is 0.259 e. The number of sulfone groups is 1. The van der Waals surface area contributed by atoms with E-state index in [9.17, 15) is 34.8 Å². The van der Waals surface area contributed by atoms with Crippen molar-refractivity contribution in [3.8, 4) is 0 Å². The molecule has 152 valence electrons. The maximum absolute atomic E-state index is 12.3. The van der Waals surface area contributed by atoms with Gasteiger partial charge in [-0.15, -0.1) is 0 Å². The van der Waals surface area contributed by atoms with Crippen LogP contribution in [-0.4, -0.2) is 58.8 Å². The molecule has 2 amide bonds. The van der Waals surface area contributed by atoms with Crippen LogP contribution in [0.25, 0.3) is 0 Å². The van der Waals surface area contributed by atoms with Gasteiger partial charge in [-0.1, -0.05) is 26.3 Å². The van der Waals surface area contributed by atoms with Crippen LogP contribution >= 0.6 is 0 Å². The molecule has 0 radical (unpaired) electrons.